The highest BCUT2D eigenvalue weighted by molar-refractivity contribution is 9.10. The number of halogens is 1. The minimum atomic E-state index is 0.544. The Labute approximate surface area is 116 Å². The number of ether oxygens (including phenoxy) is 2. The Morgan fingerprint density at radius 2 is 1.72 bits per heavy atom. The van der Waals surface area contributed by atoms with Crippen LogP contribution in [-0.4, -0.2) is 6.61 Å². The fourth-order valence-corrected chi connectivity index (χ4v) is 1.94. The lowest BCUT2D eigenvalue weighted by Gasteiger charge is -2.12. The number of hydrogen-bond donors (Lipinski definition) is 0. The van der Waals surface area contributed by atoms with E-state index in [0.717, 1.165) is 21.5 Å². The van der Waals surface area contributed by atoms with E-state index in [9.17, 15) is 0 Å². The molecule has 0 atom stereocenters. The van der Waals surface area contributed by atoms with E-state index in [1.165, 1.54) is 0 Å². The molecule has 0 heterocycles. The van der Waals surface area contributed by atoms with Crippen molar-refractivity contribution in [2.24, 2.45) is 0 Å². The summed E-state index contributed by atoms with van der Waals surface area (Å²) in [5, 5.41) is 0. The first-order chi connectivity index (χ1) is 8.79. The van der Waals surface area contributed by atoms with Gasteiger partial charge in [-0.1, -0.05) is 46.3 Å². The summed E-state index contributed by atoms with van der Waals surface area (Å²) in [7, 11) is 0. The van der Waals surface area contributed by atoms with E-state index in [0.29, 0.717) is 13.2 Å². The van der Waals surface area contributed by atoms with Gasteiger partial charge in [0, 0.05) is 4.47 Å². The fourth-order valence-electron chi connectivity index (χ4n) is 1.60. The molecule has 0 N–H and O–H groups in total. The molecule has 2 aromatic carbocycles. The van der Waals surface area contributed by atoms with Gasteiger partial charge in [-0.2, -0.15) is 0 Å². The van der Waals surface area contributed by atoms with Gasteiger partial charge in [0.1, 0.15) is 6.61 Å². The SMILES string of the molecule is CCOc1cc(Br)ccc1OCc1ccccc1. The molecule has 0 aliphatic heterocycles. The number of hydrogen-bond acceptors (Lipinski definition) is 2. The van der Waals surface area contributed by atoms with Crippen LogP contribution in [0.5, 0.6) is 11.5 Å². The first kappa shape index (κ1) is 13.0. The Kier molecular flexibility index (Phi) is 4.65. The zero-order valence-corrected chi connectivity index (χ0v) is 11.8. The van der Waals surface area contributed by atoms with E-state index in [2.05, 4.69) is 15.9 Å². The van der Waals surface area contributed by atoms with Gasteiger partial charge in [0.25, 0.3) is 0 Å². The Bertz CT molecular complexity index is 497. The molecule has 0 aromatic heterocycles. The average Bonchev–Trinajstić information content (AvgIpc) is 2.39. The summed E-state index contributed by atoms with van der Waals surface area (Å²) in [6, 6.07) is 15.9. The Hall–Kier alpha value is -1.48. The molecule has 0 bridgehead atoms. The van der Waals surface area contributed by atoms with Crippen molar-refractivity contribution in [3.05, 3.63) is 58.6 Å². The Balaban J connectivity index is 2.09. The lowest BCUT2D eigenvalue weighted by Crippen LogP contribution is -1.99. The summed E-state index contributed by atoms with van der Waals surface area (Å²) in [6.07, 6.45) is 0. The van der Waals surface area contributed by atoms with Crippen LogP contribution in [0.25, 0.3) is 0 Å². The van der Waals surface area contributed by atoms with Crippen LogP contribution in [0.4, 0.5) is 0 Å². The van der Waals surface area contributed by atoms with Gasteiger partial charge in [-0.3, -0.25) is 0 Å². The van der Waals surface area contributed by atoms with Gasteiger partial charge in [-0.15, -0.1) is 0 Å². The largest absolute Gasteiger partial charge is 0.490 e. The molecule has 0 radical (unpaired) electrons. The maximum atomic E-state index is 5.78. The van der Waals surface area contributed by atoms with Gasteiger partial charge in [0.15, 0.2) is 11.5 Å². The van der Waals surface area contributed by atoms with Crippen molar-refractivity contribution in [1.29, 1.82) is 0 Å². The minimum Gasteiger partial charge on any atom is -0.490 e. The molecule has 0 amide bonds. The van der Waals surface area contributed by atoms with Gasteiger partial charge >= 0.3 is 0 Å². The molecule has 2 aromatic rings. The first-order valence-electron chi connectivity index (χ1n) is 5.88. The predicted octanol–water partition coefficient (Wildman–Crippen LogP) is 4.43. The summed E-state index contributed by atoms with van der Waals surface area (Å²) in [5.41, 5.74) is 1.14. The van der Waals surface area contributed by atoms with Crippen molar-refractivity contribution in [2.75, 3.05) is 6.61 Å². The van der Waals surface area contributed by atoms with Crippen LogP contribution in [0.3, 0.4) is 0 Å². The molecule has 2 nitrogen and oxygen atoms in total. The van der Waals surface area contributed by atoms with E-state index in [-0.39, 0.29) is 0 Å². The molecular formula is C15H15BrO2. The quantitative estimate of drug-likeness (QED) is 0.813. The van der Waals surface area contributed by atoms with Crippen molar-refractivity contribution in [3.8, 4) is 11.5 Å². The zero-order valence-electron chi connectivity index (χ0n) is 10.2. The second kappa shape index (κ2) is 6.45. The van der Waals surface area contributed by atoms with E-state index >= 15 is 0 Å². The minimum absolute atomic E-state index is 0.544. The topological polar surface area (TPSA) is 18.5 Å². The van der Waals surface area contributed by atoms with E-state index in [1.807, 2.05) is 55.5 Å². The third-order valence-corrected chi connectivity index (χ3v) is 2.94. The second-order valence-electron chi connectivity index (χ2n) is 3.80. The molecule has 3 heteroatoms. The highest BCUT2D eigenvalue weighted by Crippen LogP contribution is 2.31. The highest BCUT2D eigenvalue weighted by atomic mass is 79.9. The molecule has 0 aliphatic rings. The normalized spacial score (nSPS) is 10.1. The lowest BCUT2D eigenvalue weighted by molar-refractivity contribution is 0.269. The van der Waals surface area contributed by atoms with Crippen LogP contribution in [0.2, 0.25) is 0 Å². The summed E-state index contributed by atoms with van der Waals surface area (Å²) in [4.78, 5) is 0. The summed E-state index contributed by atoms with van der Waals surface area (Å²) < 4.78 is 12.3. The van der Waals surface area contributed by atoms with Gasteiger partial charge in [-0.25, -0.2) is 0 Å². The van der Waals surface area contributed by atoms with Crippen molar-refractivity contribution in [3.63, 3.8) is 0 Å². The van der Waals surface area contributed by atoms with Gasteiger partial charge in [0.2, 0.25) is 0 Å². The Morgan fingerprint density at radius 3 is 2.44 bits per heavy atom. The standard InChI is InChI=1S/C15H15BrO2/c1-2-17-15-10-13(16)8-9-14(15)18-11-12-6-4-3-5-7-12/h3-10H,2,11H2,1H3. The maximum absolute atomic E-state index is 5.78. The molecule has 0 saturated heterocycles. The second-order valence-corrected chi connectivity index (χ2v) is 4.71. The summed E-state index contributed by atoms with van der Waals surface area (Å²) in [5.74, 6) is 1.53. The van der Waals surface area contributed by atoms with E-state index in [1.54, 1.807) is 0 Å². The van der Waals surface area contributed by atoms with Gasteiger partial charge in [-0.05, 0) is 30.7 Å². The zero-order chi connectivity index (χ0) is 12.8. The van der Waals surface area contributed by atoms with Crippen molar-refractivity contribution >= 4 is 15.9 Å². The third kappa shape index (κ3) is 3.50. The third-order valence-electron chi connectivity index (χ3n) is 2.44. The molecule has 94 valence electrons. The monoisotopic (exact) mass is 306 g/mol. The van der Waals surface area contributed by atoms with Crippen molar-refractivity contribution in [1.82, 2.24) is 0 Å². The maximum Gasteiger partial charge on any atom is 0.162 e. The van der Waals surface area contributed by atoms with Gasteiger partial charge in [0.05, 0.1) is 6.61 Å². The predicted molar refractivity (Wildman–Crippen MR) is 76.1 cm³/mol. The van der Waals surface area contributed by atoms with Gasteiger partial charge < -0.3 is 9.47 Å². The van der Waals surface area contributed by atoms with Crippen LogP contribution >= 0.6 is 15.9 Å². The van der Waals surface area contributed by atoms with E-state index in [4.69, 9.17) is 9.47 Å². The molecular weight excluding hydrogens is 292 g/mol. The van der Waals surface area contributed by atoms with Crippen LogP contribution < -0.4 is 9.47 Å². The van der Waals surface area contributed by atoms with Crippen molar-refractivity contribution < 1.29 is 9.47 Å². The van der Waals surface area contributed by atoms with E-state index < -0.39 is 0 Å². The summed E-state index contributed by atoms with van der Waals surface area (Å²) in [6.45, 7) is 3.13. The van der Waals surface area contributed by atoms with Crippen molar-refractivity contribution in [2.45, 2.75) is 13.5 Å². The molecule has 2 rings (SSSR count). The van der Waals surface area contributed by atoms with Crippen LogP contribution in [0.15, 0.2) is 53.0 Å². The number of benzene rings is 2. The smallest absolute Gasteiger partial charge is 0.162 e. The molecule has 18 heavy (non-hydrogen) atoms. The average molecular weight is 307 g/mol. The lowest BCUT2D eigenvalue weighted by atomic mass is 10.2. The summed E-state index contributed by atoms with van der Waals surface area (Å²) >= 11 is 3.43. The molecule has 0 aliphatic carbocycles. The Morgan fingerprint density at radius 1 is 0.944 bits per heavy atom. The highest BCUT2D eigenvalue weighted by Gasteiger charge is 2.05. The molecule has 0 spiro atoms. The first-order valence-corrected chi connectivity index (χ1v) is 6.68. The molecule has 0 unspecified atom stereocenters. The molecule has 0 fully saturated rings. The molecule has 0 saturated carbocycles. The fraction of sp³-hybridized carbons (Fsp3) is 0.200. The van der Waals surface area contributed by atoms with Crippen LogP contribution in [-0.2, 0) is 6.61 Å². The van der Waals surface area contributed by atoms with Crippen LogP contribution in [0.1, 0.15) is 12.5 Å². The van der Waals surface area contributed by atoms with Crippen LogP contribution in [0, 0.1) is 0 Å². The number of rotatable bonds is 5.